The van der Waals surface area contributed by atoms with Gasteiger partial charge in [-0.3, -0.25) is 9.59 Å². The summed E-state index contributed by atoms with van der Waals surface area (Å²) in [5.74, 6) is -2.91. The van der Waals surface area contributed by atoms with E-state index >= 15 is 0 Å². The molecule has 0 radical (unpaired) electrons. The molecule has 2 saturated heterocycles. The Bertz CT molecular complexity index is 764. The van der Waals surface area contributed by atoms with Crippen LogP contribution in [0.4, 0.5) is 5.69 Å². The van der Waals surface area contributed by atoms with Gasteiger partial charge in [-0.15, -0.1) is 0 Å². The summed E-state index contributed by atoms with van der Waals surface area (Å²) in [5, 5.41) is 9.10. The van der Waals surface area contributed by atoms with Gasteiger partial charge in [0.05, 0.1) is 34.3 Å². The number of hydrogen-bond acceptors (Lipinski definition) is 4. The van der Waals surface area contributed by atoms with Gasteiger partial charge in [0.15, 0.2) is 0 Å². The normalized spacial score (nSPS) is 37.6. The van der Waals surface area contributed by atoms with Crippen molar-refractivity contribution in [1.29, 1.82) is 0 Å². The zero-order valence-electron chi connectivity index (χ0n) is 12.6. The Balaban J connectivity index is 1.79. The second-order valence-electron chi connectivity index (χ2n) is 6.63. The SMILES string of the molecule is C[C@@]12C=C[C@](C)(O1)[C@H]1C(=O)N(c3cccc(C(=O)O)c3)C(=O)[C@@H]12. The second kappa shape index (κ2) is 4.08. The number of hydrogen-bond donors (Lipinski definition) is 1. The van der Waals surface area contributed by atoms with Crippen molar-refractivity contribution < 1.29 is 24.2 Å². The van der Waals surface area contributed by atoms with Crippen molar-refractivity contribution in [2.45, 2.75) is 25.0 Å². The standard InChI is InChI=1S/C17H15NO5/c1-16-6-7-17(2,23-16)12-11(16)13(19)18(14(12)20)10-5-3-4-9(8-10)15(21)22/h3-8,11-12H,1-2H3,(H,21,22)/t11-,12-,16+,17+/m1/s1. The molecule has 3 heterocycles. The number of amides is 2. The molecule has 3 aliphatic heterocycles. The minimum absolute atomic E-state index is 0.0370. The molecule has 6 heteroatoms. The Morgan fingerprint density at radius 1 is 1.13 bits per heavy atom. The third-order valence-electron chi connectivity index (χ3n) is 5.08. The smallest absolute Gasteiger partial charge is 0.335 e. The number of benzene rings is 1. The van der Waals surface area contributed by atoms with Gasteiger partial charge in [-0.05, 0) is 32.0 Å². The van der Waals surface area contributed by atoms with Gasteiger partial charge in [0.1, 0.15) is 0 Å². The van der Waals surface area contributed by atoms with Gasteiger partial charge >= 0.3 is 5.97 Å². The van der Waals surface area contributed by atoms with E-state index < -0.39 is 29.0 Å². The van der Waals surface area contributed by atoms with Gasteiger partial charge in [-0.2, -0.15) is 0 Å². The Morgan fingerprint density at radius 2 is 1.70 bits per heavy atom. The van der Waals surface area contributed by atoms with E-state index in [0.717, 1.165) is 4.90 Å². The quantitative estimate of drug-likeness (QED) is 0.662. The lowest BCUT2D eigenvalue weighted by atomic mass is 9.73. The van der Waals surface area contributed by atoms with Gasteiger partial charge in [-0.25, -0.2) is 9.69 Å². The Labute approximate surface area is 132 Å². The summed E-state index contributed by atoms with van der Waals surface area (Å²) in [6, 6.07) is 5.87. The van der Waals surface area contributed by atoms with Gasteiger partial charge in [0.25, 0.3) is 0 Å². The summed E-state index contributed by atoms with van der Waals surface area (Å²) in [6.45, 7) is 3.61. The topological polar surface area (TPSA) is 83.9 Å². The van der Waals surface area contributed by atoms with E-state index in [-0.39, 0.29) is 17.4 Å². The average molecular weight is 313 g/mol. The van der Waals surface area contributed by atoms with Crippen molar-refractivity contribution >= 4 is 23.5 Å². The average Bonchev–Trinajstić information content (AvgIpc) is 3.04. The summed E-state index contributed by atoms with van der Waals surface area (Å²) in [6.07, 6.45) is 3.69. The highest BCUT2D eigenvalue weighted by molar-refractivity contribution is 6.23. The van der Waals surface area contributed by atoms with E-state index in [0.29, 0.717) is 5.69 Å². The van der Waals surface area contributed by atoms with Crippen LogP contribution in [-0.2, 0) is 14.3 Å². The summed E-state index contributed by atoms with van der Waals surface area (Å²) >= 11 is 0. The first-order valence-electron chi connectivity index (χ1n) is 7.39. The molecule has 118 valence electrons. The fourth-order valence-electron chi connectivity index (χ4n) is 4.06. The molecule has 1 N–H and O–H groups in total. The number of carbonyl (C=O) groups is 3. The van der Waals surface area contributed by atoms with Crippen LogP contribution in [0.15, 0.2) is 36.4 Å². The molecule has 2 bridgehead atoms. The number of anilines is 1. The molecule has 0 aromatic heterocycles. The van der Waals surface area contributed by atoms with Crippen LogP contribution in [-0.4, -0.2) is 34.1 Å². The number of fused-ring (bicyclic) bond motifs is 5. The second-order valence-corrected chi connectivity index (χ2v) is 6.63. The zero-order valence-corrected chi connectivity index (χ0v) is 12.6. The maximum Gasteiger partial charge on any atom is 0.335 e. The third kappa shape index (κ3) is 1.64. The number of rotatable bonds is 2. The highest BCUT2D eigenvalue weighted by atomic mass is 16.5. The molecule has 0 unspecified atom stereocenters. The van der Waals surface area contributed by atoms with Crippen LogP contribution in [0.2, 0.25) is 0 Å². The van der Waals surface area contributed by atoms with Crippen LogP contribution in [0.3, 0.4) is 0 Å². The maximum atomic E-state index is 12.9. The molecule has 0 spiro atoms. The predicted octanol–water partition coefficient (Wildman–Crippen LogP) is 1.61. The first-order valence-corrected chi connectivity index (χ1v) is 7.39. The number of imide groups is 1. The molecule has 0 aliphatic carbocycles. The van der Waals surface area contributed by atoms with Gasteiger partial charge in [-0.1, -0.05) is 18.2 Å². The van der Waals surface area contributed by atoms with Crippen LogP contribution in [0.25, 0.3) is 0 Å². The van der Waals surface area contributed by atoms with Crippen molar-refractivity contribution in [3.8, 4) is 0 Å². The minimum atomic E-state index is -1.10. The molecular formula is C17H15NO5. The van der Waals surface area contributed by atoms with Crippen LogP contribution in [0.1, 0.15) is 24.2 Å². The highest BCUT2D eigenvalue weighted by Crippen LogP contribution is 2.57. The molecule has 2 fully saturated rings. The van der Waals surface area contributed by atoms with Crippen LogP contribution in [0.5, 0.6) is 0 Å². The van der Waals surface area contributed by atoms with E-state index in [2.05, 4.69) is 0 Å². The van der Waals surface area contributed by atoms with Crippen molar-refractivity contribution in [2.75, 3.05) is 4.90 Å². The first kappa shape index (κ1) is 14.1. The first-order chi connectivity index (χ1) is 10.8. The van der Waals surface area contributed by atoms with E-state index in [4.69, 9.17) is 9.84 Å². The fourth-order valence-corrected chi connectivity index (χ4v) is 4.06. The van der Waals surface area contributed by atoms with Crippen LogP contribution in [0, 0.1) is 11.8 Å². The summed E-state index contributed by atoms with van der Waals surface area (Å²) < 4.78 is 5.93. The largest absolute Gasteiger partial charge is 0.478 e. The zero-order chi connectivity index (χ0) is 16.6. The molecule has 2 amide bonds. The van der Waals surface area contributed by atoms with E-state index in [1.54, 1.807) is 6.07 Å². The molecule has 23 heavy (non-hydrogen) atoms. The Morgan fingerprint density at radius 3 is 2.22 bits per heavy atom. The summed E-state index contributed by atoms with van der Waals surface area (Å²) in [5.41, 5.74) is -1.24. The monoisotopic (exact) mass is 313 g/mol. The van der Waals surface area contributed by atoms with E-state index in [9.17, 15) is 14.4 Å². The Hall–Kier alpha value is -2.47. The predicted molar refractivity (Wildman–Crippen MR) is 79.9 cm³/mol. The van der Waals surface area contributed by atoms with Crippen molar-refractivity contribution in [3.63, 3.8) is 0 Å². The number of nitrogens with zero attached hydrogens (tertiary/aromatic N) is 1. The molecule has 4 rings (SSSR count). The Kier molecular flexibility index (Phi) is 2.51. The molecule has 3 aliphatic rings. The lowest BCUT2D eigenvalue weighted by Crippen LogP contribution is -2.39. The van der Waals surface area contributed by atoms with Crippen LogP contribution >= 0.6 is 0 Å². The van der Waals surface area contributed by atoms with Gasteiger partial charge in [0, 0.05) is 0 Å². The van der Waals surface area contributed by atoms with Crippen LogP contribution < -0.4 is 4.90 Å². The fraction of sp³-hybridized carbons (Fsp3) is 0.353. The number of ether oxygens (including phenoxy) is 1. The summed E-state index contributed by atoms with van der Waals surface area (Å²) in [4.78, 5) is 37.9. The lowest BCUT2D eigenvalue weighted by molar-refractivity contribution is -0.128. The highest BCUT2D eigenvalue weighted by Gasteiger charge is 2.70. The van der Waals surface area contributed by atoms with Gasteiger partial charge in [0.2, 0.25) is 11.8 Å². The number of carbonyl (C=O) groups excluding carboxylic acids is 2. The van der Waals surface area contributed by atoms with Gasteiger partial charge < -0.3 is 9.84 Å². The molecule has 4 atom stereocenters. The molecule has 1 aromatic carbocycles. The molecule has 6 nitrogen and oxygen atoms in total. The maximum absolute atomic E-state index is 12.9. The lowest BCUT2D eigenvalue weighted by Gasteiger charge is -2.25. The number of carboxylic acids is 1. The minimum Gasteiger partial charge on any atom is -0.478 e. The van der Waals surface area contributed by atoms with Crippen molar-refractivity contribution in [2.24, 2.45) is 11.8 Å². The number of aromatic carboxylic acids is 1. The molecule has 1 aromatic rings. The van der Waals surface area contributed by atoms with E-state index in [1.807, 2.05) is 26.0 Å². The molecule has 0 saturated carbocycles. The molecular weight excluding hydrogens is 298 g/mol. The van der Waals surface area contributed by atoms with Crippen molar-refractivity contribution in [1.82, 2.24) is 0 Å². The number of carboxylic acid groups (broad SMARTS) is 1. The third-order valence-corrected chi connectivity index (χ3v) is 5.08. The summed E-state index contributed by atoms with van der Waals surface area (Å²) in [7, 11) is 0. The van der Waals surface area contributed by atoms with Crippen molar-refractivity contribution in [3.05, 3.63) is 42.0 Å². The van der Waals surface area contributed by atoms with E-state index in [1.165, 1.54) is 18.2 Å².